The van der Waals surface area contributed by atoms with Crippen LogP contribution in [0.2, 0.25) is 18.1 Å². The van der Waals surface area contributed by atoms with Gasteiger partial charge in [-0.3, -0.25) is 0 Å². The molecule has 29 heavy (non-hydrogen) atoms. The van der Waals surface area contributed by atoms with Gasteiger partial charge in [-0.25, -0.2) is 8.78 Å². The second-order valence-electron chi connectivity index (χ2n) is 7.53. The Morgan fingerprint density at radius 1 is 1.00 bits per heavy atom. The zero-order valence-electron chi connectivity index (χ0n) is 16.2. The molecule has 1 aliphatic heterocycles. The van der Waals surface area contributed by atoms with Crippen LogP contribution in [-0.2, 0) is 0 Å². The smallest absolute Gasteiger partial charge is 0.344 e. The van der Waals surface area contributed by atoms with Gasteiger partial charge >= 0.3 is 12.1 Å². The molecule has 1 saturated heterocycles. The molecule has 0 spiro atoms. The zero-order chi connectivity index (χ0) is 21.0. The van der Waals surface area contributed by atoms with Crippen LogP contribution in [-0.4, -0.2) is 8.80 Å². The summed E-state index contributed by atoms with van der Waals surface area (Å²) in [6.45, 7) is 2.22. The lowest BCUT2D eigenvalue weighted by Gasteiger charge is -2.28. The Bertz CT molecular complexity index is 887. The maximum absolute atomic E-state index is 14.7. The molecular formula is C22H23F5OSi. The van der Waals surface area contributed by atoms with Crippen LogP contribution < -0.4 is 4.74 Å². The summed E-state index contributed by atoms with van der Waals surface area (Å²) in [4.78, 5) is 0. The SMILES string of the molecule is CCC[Si@H]1CC[C@H](c2ccc(-c3ccc(OC(F)=C(F)F)c(F)c3)c(F)c2)CC1. The highest BCUT2D eigenvalue weighted by Gasteiger charge is 2.23. The molecule has 0 N–H and O–H groups in total. The summed E-state index contributed by atoms with van der Waals surface area (Å²) < 4.78 is 70.0. The van der Waals surface area contributed by atoms with E-state index in [1.54, 1.807) is 6.07 Å². The minimum atomic E-state index is -2.68. The molecule has 0 radical (unpaired) electrons. The first-order valence-corrected chi connectivity index (χ1v) is 12.3. The predicted octanol–water partition coefficient (Wildman–Crippen LogP) is 7.56. The molecule has 3 rings (SSSR count). The van der Waals surface area contributed by atoms with E-state index in [1.165, 1.54) is 36.7 Å². The molecule has 7 heteroatoms. The van der Waals surface area contributed by atoms with Gasteiger partial charge in [0.2, 0.25) is 0 Å². The summed E-state index contributed by atoms with van der Waals surface area (Å²) in [6, 6.07) is 10.0. The zero-order valence-corrected chi connectivity index (χ0v) is 17.3. The quantitative estimate of drug-likeness (QED) is 0.263. The lowest BCUT2D eigenvalue weighted by molar-refractivity contribution is 0.234. The first-order chi connectivity index (χ1) is 13.9. The average Bonchev–Trinajstić information content (AvgIpc) is 2.70. The van der Waals surface area contributed by atoms with E-state index in [1.807, 2.05) is 6.07 Å². The Morgan fingerprint density at radius 3 is 2.31 bits per heavy atom. The van der Waals surface area contributed by atoms with Crippen molar-refractivity contribution in [3.05, 3.63) is 65.7 Å². The average molecular weight is 427 g/mol. The van der Waals surface area contributed by atoms with Gasteiger partial charge in [-0.15, -0.1) is 0 Å². The van der Waals surface area contributed by atoms with Gasteiger partial charge in [0, 0.05) is 14.4 Å². The molecule has 1 nitrogen and oxygen atoms in total. The third kappa shape index (κ3) is 5.26. The van der Waals surface area contributed by atoms with Crippen LogP contribution in [0.1, 0.15) is 37.7 Å². The Labute approximate surface area is 168 Å². The number of hydrogen-bond donors (Lipinski definition) is 0. The van der Waals surface area contributed by atoms with E-state index in [-0.39, 0.29) is 11.1 Å². The van der Waals surface area contributed by atoms with Gasteiger partial charge in [-0.2, -0.15) is 13.2 Å². The highest BCUT2D eigenvalue weighted by atomic mass is 28.3. The van der Waals surface area contributed by atoms with Crippen molar-refractivity contribution >= 4 is 8.80 Å². The van der Waals surface area contributed by atoms with Crippen molar-refractivity contribution in [2.45, 2.75) is 50.2 Å². The van der Waals surface area contributed by atoms with Gasteiger partial charge in [-0.05, 0) is 48.1 Å². The Morgan fingerprint density at radius 2 is 1.72 bits per heavy atom. The monoisotopic (exact) mass is 426 g/mol. The lowest BCUT2D eigenvalue weighted by Crippen LogP contribution is -2.20. The van der Waals surface area contributed by atoms with E-state index in [9.17, 15) is 22.0 Å². The largest absolute Gasteiger partial charge is 0.425 e. The predicted molar refractivity (Wildman–Crippen MR) is 107 cm³/mol. The van der Waals surface area contributed by atoms with Crippen molar-refractivity contribution in [1.29, 1.82) is 0 Å². The minimum absolute atomic E-state index is 0.195. The molecule has 0 amide bonds. The fourth-order valence-electron chi connectivity index (χ4n) is 4.10. The van der Waals surface area contributed by atoms with Crippen LogP contribution in [0.3, 0.4) is 0 Å². The number of benzene rings is 2. The maximum Gasteiger partial charge on any atom is 0.344 e. The molecule has 0 aliphatic carbocycles. The van der Waals surface area contributed by atoms with Gasteiger partial charge < -0.3 is 4.74 Å². The summed E-state index contributed by atoms with van der Waals surface area (Å²) in [5, 5.41) is 0. The van der Waals surface area contributed by atoms with Crippen molar-refractivity contribution in [1.82, 2.24) is 0 Å². The molecule has 0 aromatic heterocycles. The fraction of sp³-hybridized carbons (Fsp3) is 0.364. The van der Waals surface area contributed by atoms with E-state index in [4.69, 9.17) is 0 Å². The third-order valence-corrected chi connectivity index (χ3v) is 9.29. The molecule has 2 aromatic rings. The second-order valence-corrected chi connectivity index (χ2v) is 11.0. The van der Waals surface area contributed by atoms with Crippen LogP contribution >= 0.6 is 0 Å². The summed E-state index contributed by atoms with van der Waals surface area (Å²) >= 11 is 0. The lowest BCUT2D eigenvalue weighted by atomic mass is 9.91. The van der Waals surface area contributed by atoms with Crippen molar-refractivity contribution in [2.75, 3.05) is 0 Å². The van der Waals surface area contributed by atoms with E-state index < -0.39 is 38.3 Å². The fourth-order valence-corrected chi connectivity index (χ4v) is 7.53. The van der Waals surface area contributed by atoms with Crippen LogP contribution in [0.15, 0.2) is 48.5 Å². The highest BCUT2D eigenvalue weighted by Crippen LogP contribution is 2.37. The van der Waals surface area contributed by atoms with Gasteiger partial charge in [0.1, 0.15) is 5.82 Å². The van der Waals surface area contributed by atoms with Crippen LogP contribution in [0.5, 0.6) is 5.75 Å². The Hall–Kier alpha value is -2.15. The molecule has 1 heterocycles. The van der Waals surface area contributed by atoms with E-state index >= 15 is 0 Å². The Balaban J connectivity index is 1.75. The number of rotatable bonds is 6. The van der Waals surface area contributed by atoms with Crippen molar-refractivity contribution in [3.63, 3.8) is 0 Å². The standard InChI is InChI=1S/C22H23F5OSi/c1-2-9-29-10-7-14(8-11-29)15-3-5-17(18(23)12-15)16-4-6-20(19(24)13-16)28-22(27)21(25)26/h3-6,12-14,29H,2,7-11H2,1H3/t14-,29-. The molecule has 1 aliphatic rings. The maximum atomic E-state index is 14.7. The van der Waals surface area contributed by atoms with E-state index in [0.29, 0.717) is 5.92 Å². The number of ether oxygens (including phenoxy) is 1. The molecule has 0 atom stereocenters. The second kappa shape index (κ2) is 9.56. The number of hydrogen-bond acceptors (Lipinski definition) is 1. The van der Waals surface area contributed by atoms with E-state index in [2.05, 4.69) is 11.7 Å². The first kappa shape index (κ1) is 21.6. The third-order valence-electron chi connectivity index (χ3n) is 5.60. The van der Waals surface area contributed by atoms with Crippen LogP contribution in [0.25, 0.3) is 11.1 Å². The minimum Gasteiger partial charge on any atom is -0.425 e. The molecular weight excluding hydrogens is 403 g/mol. The van der Waals surface area contributed by atoms with Crippen LogP contribution in [0.4, 0.5) is 22.0 Å². The summed E-state index contributed by atoms with van der Waals surface area (Å²) in [7, 11) is -0.611. The molecule has 1 fully saturated rings. The van der Waals surface area contributed by atoms with Gasteiger partial charge in [0.05, 0.1) is 0 Å². The highest BCUT2D eigenvalue weighted by molar-refractivity contribution is 6.59. The van der Waals surface area contributed by atoms with Crippen molar-refractivity contribution < 1.29 is 26.7 Å². The summed E-state index contributed by atoms with van der Waals surface area (Å²) in [5.41, 5.74) is 1.38. The first-order valence-electron chi connectivity index (χ1n) is 9.87. The molecule has 2 aromatic carbocycles. The Kier molecular flexibility index (Phi) is 7.11. The number of halogens is 5. The van der Waals surface area contributed by atoms with Gasteiger partial charge in [0.15, 0.2) is 11.6 Å². The van der Waals surface area contributed by atoms with Crippen LogP contribution in [0, 0.1) is 11.6 Å². The van der Waals surface area contributed by atoms with Gasteiger partial charge in [-0.1, -0.05) is 49.7 Å². The molecule has 156 valence electrons. The topological polar surface area (TPSA) is 9.23 Å². The summed E-state index contributed by atoms with van der Waals surface area (Å²) in [5.74, 6) is -1.85. The molecule has 0 unspecified atom stereocenters. The van der Waals surface area contributed by atoms with Crippen molar-refractivity contribution in [2.24, 2.45) is 0 Å². The van der Waals surface area contributed by atoms with Gasteiger partial charge in [0.25, 0.3) is 0 Å². The molecule has 0 bridgehead atoms. The summed E-state index contributed by atoms with van der Waals surface area (Å²) in [6.07, 6.45) is 0.763. The normalized spacial score (nSPS) is 19.1. The van der Waals surface area contributed by atoms with E-state index in [0.717, 1.165) is 30.5 Å². The van der Waals surface area contributed by atoms with Crippen molar-refractivity contribution in [3.8, 4) is 16.9 Å². The molecule has 0 saturated carbocycles.